The first kappa shape index (κ1) is 29.4. The van der Waals surface area contributed by atoms with Crippen molar-refractivity contribution in [3.05, 3.63) is 78.1 Å². The number of carbonyl (C=O) groups excluding carboxylic acids is 1. The van der Waals surface area contributed by atoms with Crippen molar-refractivity contribution in [2.75, 3.05) is 28.7 Å². The average molecular weight is 675 g/mol. The van der Waals surface area contributed by atoms with Crippen LogP contribution in [-0.4, -0.2) is 32.8 Å². The molecule has 0 unspecified atom stereocenters. The van der Waals surface area contributed by atoms with Crippen LogP contribution in [0.15, 0.2) is 66.9 Å². The predicted molar refractivity (Wildman–Crippen MR) is 169 cm³/mol. The number of fused-ring (bicyclic) bond motifs is 1. The molecule has 0 saturated carbocycles. The number of carbonyl (C=O) groups is 1. The lowest BCUT2D eigenvalue weighted by Gasteiger charge is -2.24. The number of urea groups is 1. The number of benzene rings is 3. The van der Waals surface area contributed by atoms with Crippen molar-refractivity contribution in [3.63, 3.8) is 0 Å². The number of alkyl halides is 1. The third-order valence-electron chi connectivity index (χ3n) is 5.99. The van der Waals surface area contributed by atoms with Crippen molar-refractivity contribution < 1.29 is 22.7 Å². The molecular weight excluding hydrogens is 643 g/mol. The van der Waals surface area contributed by atoms with E-state index < -0.39 is 16.1 Å². The van der Waals surface area contributed by atoms with Gasteiger partial charge in [0, 0.05) is 27.5 Å². The zero-order valence-corrected chi connectivity index (χ0v) is 25.8. The Kier molecular flexibility index (Phi) is 8.74. The van der Waals surface area contributed by atoms with Crippen LogP contribution in [0.25, 0.3) is 10.8 Å². The highest BCUT2D eigenvalue weighted by molar-refractivity contribution is 14.1. The molecule has 0 spiro atoms. The first-order chi connectivity index (χ1) is 18.9. The molecule has 3 aromatic carbocycles. The van der Waals surface area contributed by atoms with Crippen LogP contribution in [0.2, 0.25) is 0 Å². The van der Waals surface area contributed by atoms with Crippen LogP contribution < -0.4 is 24.8 Å². The third-order valence-corrected chi connectivity index (χ3v) is 7.36. The lowest BCUT2D eigenvalue weighted by molar-refractivity contribution is 0.262. The Morgan fingerprint density at radius 2 is 1.62 bits per heavy atom. The van der Waals surface area contributed by atoms with Gasteiger partial charge in [0.05, 0.1) is 36.1 Å². The molecule has 1 aromatic heterocycles. The van der Waals surface area contributed by atoms with Gasteiger partial charge in [-0.05, 0) is 41.3 Å². The summed E-state index contributed by atoms with van der Waals surface area (Å²) >= 11 is 2.25. The second kappa shape index (κ2) is 11.9. The molecule has 0 atom stereocenters. The van der Waals surface area contributed by atoms with Crippen LogP contribution in [0.3, 0.4) is 0 Å². The average Bonchev–Trinajstić information content (AvgIpc) is 2.88. The fourth-order valence-electron chi connectivity index (χ4n) is 4.12. The van der Waals surface area contributed by atoms with Gasteiger partial charge in [-0.3, -0.25) is 9.71 Å². The van der Waals surface area contributed by atoms with Gasteiger partial charge >= 0.3 is 6.03 Å². The molecule has 9 nitrogen and oxygen atoms in total. The maximum absolute atomic E-state index is 13.2. The fraction of sp³-hybridized carbons (Fsp3) is 0.241. The number of halogens is 1. The van der Waals surface area contributed by atoms with E-state index in [4.69, 9.17) is 9.47 Å². The summed E-state index contributed by atoms with van der Waals surface area (Å²) in [5.41, 5.74) is 2.53. The van der Waals surface area contributed by atoms with Gasteiger partial charge in [-0.2, -0.15) is 0 Å². The zero-order chi connectivity index (χ0) is 29.1. The molecule has 11 heteroatoms. The number of hydrogen-bond acceptors (Lipinski definition) is 6. The lowest BCUT2D eigenvalue weighted by atomic mass is 9.86. The smallest absolute Gasteiger partial charge is 0.323 e. The summed E-state index contributed by atoms with van der Waals surface area (Å²) in [6.45, 7) is 5.98. The van der Waals surface area contributed by atoms with Crippen LogP contribution in [0.4, 0.5) is 21.9 Å². The van der Waals surface area contributed by atoms with E-state index in [1.165, 1.54) is 7.11 Å². The number of hydrogen-bond donors (Lipinski definition) is 3. The summed E-state index contributed by atoms with van der Waals surface area (Å²) in [6, 6.07) is 17.9. The Bertz CT molecular complexity index is 1670. The fourth-order valence-corrected chi connectivity index (χ4v) is 5.08. The second-order valence-electron chi connectivity index (χ2n) is 10.2. The summed E-state index contributed by atoms with van der Waals surface area (Å²) in [5, 5.41) is 7.35. The van der Waals surface area contributed by atoms with Crippen LogP contribution in [0, 0.1) is 0 Å². The minimum atomic E-state index is -3.59. The number of rotatable bonds is 8. The number of ether oxygens (including phenoxy) is 2. The van der Waals surface area contributed by atoms with Gasteiger partial charge in [0.15, 0.2) is 5.75 Å². The number of anilines is 3. The van der Waals surface area contributed by atoms with Crippen LogP contribution in [0.1, 0.15) is 32.0 Å². The van der Waals surface area contributed by atoms with Crippen molar-refractivity contribution in [1.82, 2.24) is 4.98 Å². The van der Waals surface area contributed by atoms with E-state index >= 15 is 0 Å². The topological polar surface area (TPSA) is 119 Å². The van der Waals surface area contributed by atoms with E-state index in [0.717, 1.165) is 32.7 Å². The number of sulfonamides is 1. The van der Waals surface area contributed by atoms with E-state index in [9.17, 15) is 13.2 Å². The normalized spacial score (nSPS) is 11.7. The van der Waals surface area contributed by atoms with Gasteiger partial charge in [-0.1, -0.05) is 67.6 Å². The number of amides is 2. The molecule has 0 bridgehead atoms. The maximum Gasteiger partial charge on any atom is 0.323 e. The van der Waals surface area contributed by atoms with E-state index in [1.54, 1.807) is 36.5 Å². The number of aromatic nitrogens is 1. The Labute approximate surface area is 247 Å². The van der Waals surface area contributed by atoms with Gasteiger partial charge in [0.1, 0.15) is 11.5 Å². The highest BCUT2D eigenvalue weighted by atomic mass is 127. The molecule has 1 heterocycles. The molecule has 0 aliphatic carbocycles. The monoisotopic (exact) mass is 674 g/mol. The summed E-state index contributed by atoms with van der Waals surface area (Å²) in [5.74, 6) is 1.52. The Balaban J connectivity index is 1.65. The predicted octanol–water partition coefficient (Wildman–Crippen LogP) is 7.28. The minimum Gasteiger partial charge on any atom is -0.492 e. The molecule has 2 amide bonds. The van der Waals surface area contributed by atoms with Gasteiger partial charge < -0.3 is 20.1 Å². The van der Waals surface area contributed by atoms with Crippen LogP contribution >= 0.6 is 22.6 Å². The molecule has 3 N–H and O–H groups in total. The number of methoxy groups -OCH3 is 1. The Morgan fingerprint density at radius 1 is 0.950 bits per heavy atom. The first-order valence-corrected chi connectivity index (χ1v) is 15.8. The van der Waals surface area contributed by atoms with Gasteiger partial charge in [-0.15, -0.1) is 0 Å². The first-order valence-electron chi connectivity index (χ1n) is 12.4. The second-order valence-corrected chi connectivity index (χ2v) is 12.7. The highest BCUT2D eigenvalue weighted by Gasteiger charge is 2.22. The van der Waals surface area contributed by atoms with Crippen molar-refractivity contribution >= 4 is 66.5 Å². The molecule has 4 rings (SSSR count). The largest absolute Gasteiger partial charge is 0.492 e. The Hall–Kier alpha value is -3.58. The van der Waals surface area contributed by atoms with Crippen molar-refractivity contribution in [1.29, 1.82) is 0 Å². The number of nitrogens with zero attached hydrogens (tertiary/aromatic N) is 1. The standard InChI is InChI=1S/C29H31IN4O5S/c1-29(2,3)18-14-24(27(38-4)25(15-18)34-40(5,36)37)33-28(35)32-23-10-11-26(22-9-7-6-8-21(22)23)39-20-12-13-31-19(16-20)17-30/h6-16,34H,17H2,1-5H3,(H2,32,33,35). The maximum atomic E-state index is 13.2. The van der Waals surface area contributed by atoms with Gasteiger partial charge in [0.25, 0.3) is 0 Å². The summed E-state index contributed by atoms with van der Waals surface area (Å²) < 4.78 is 39.0. The SMILES string of the molecule is COc1c(NC(=O)Nc2ccc(Oc3ccnc(CI)c3)c3ccccc23)cc(C(C)(C)C)cc1NS(C)(=O)=O. The molecule has 0 radical (unpaired) electrons. The molecule has 210 valence electrons. The van der Waals surface area contributed by atoms with E-state index in [2.05, 4.69) is 42.9 Å². The number of pyridine rings is 1. The molecule has 0 fully saturated rings. The highest BCUT2D eigenvalue weighted by Crippen LogP contribution is 2.40. The van der Waals surface area contributed by atoms with Gasteiger partial charge in [0.2, 0.25) is 10.0 Å². The number of nitrogens with one attached hydrogen (secondary N) is 3. The minimum absolute atomic E-state index is 0.199. The summed E-state index contributed by atoms with van der Waals surface area (Å²) in [4.78, 5) is 17.6. The van der Waals surface area contributed by atoms with Crippen LogP contribution in [0.5, 0.6) is 17.2 Å². The molecule has 4 aromatic rings. The van der Waals surface area contributed by atoms with Gasteiger partial charge in [-0.25, -0.2) is 13.2 Å². The molecule has 0 saturated heterocycles. The van der Waals surface area contributed by atoms with E-state index in [1.807, 2.05) is 51.1 Å². The summed E-state index contributed by atoms with van der Waals surface area (Å²) in [7, 11) is -2.18. The van der Waals surface area contributed by atoms with Crippen molar-refractivity contribution in [3.8, 4) is 17.2 Å². The van der Waals surface area contributed by atoms with Crippen molar-refractivity contribution in [2.24, 2.45) is 0 Å². The zero-order valence-electron chi connectivity index (χ0n) is 22.8. The molecule has 0 aliphatic heterocycles. The van der Waals surface area contributed by atoms with Crippen LogP contribution in [-0.2, 0) is 19.9 Å². The molecule has 40 heavy (non-hydrogen) atoms. The lowest BCUT2D eigenvalue weighted by Crippen LogP contribution is -2.22. The van der Waals surface area contributed by atoms with Crippen molar-refractivity contribution in [2.45, 2.75) is 30.6 Å². The Morgan fingerprint density at radius 3 is 2.27 bits per heavy atom. The quantitative estimate of drug-likeness (QED) is 0.134. The van der Waals surface area contributed by atoms with E-state index in [-0.39, 0.29) is 16.9 Å². The molecule has 0 aliphatic rings. The molecular formula is C29H31IN4O5S. The third kappa shape index (κ3) is 7.13. The van der Waals surface area contributed by atoms with E-state index in [0.29, 0.717) is 22.9 Å². The summed E-state index contributed by atoms with van der Waals surface area (Å²) in [6.07, 6.45) is 2.77.